The lowest BCUT2D eigenvalue weighted by Crippen LogP contribution is -2.22. The highest BCUT2D eigenvalue weighted by molar-refractivity contribution is 5.83. The van der Waals surface area contributed by atoms with E-state index < -0.39 is 0 Å². The Morgan fingerprint density at radius 3 is 2.88 bits per heavy atom. The largest absolute Gasteiger partial charge is 0.388 e. The maximum Gasteiger partial charge on any atom is 0.0826 e. The lowest BCUT2D eigenvalue weighted by Gasteiger charge is -2.27. The summed E-state index contributed by atoms with van der Waals surface area (Å²) in [6.45, 7) is 1.54. The van der Waals surface area contributed by atoms with Crippen molar-refractivity contribution < 1.29 is 9.84 Å². The second kappa shape index (κ2) is 4.51. The number of ether oxygens (including phenoxy) is 1. The molecule has 17 heavy (non-hydrogen) atoms. The van der Waals surface area contributed by atoms with Gasteiger partial charge in [0.15, 0.2) is 0 Å². The molecule has 1 aromatic heterocycles. The summed E-state index contributed by atoms with van der Waals surface area (Å²) in [6, 6.07) is 8.09. The number of H-pyrrole nitrogens is 1. The Morgan fingerprint density at radius 1 is 1.24 bits per heavy atom. The summed E-state index contributed by atoms with van der Waals surface area (Å²) in [5.41, 5.74) is 2.13. The third-order valence-electron chi connectivity index (χ3n) is 3.66. The van der Waals surface area contributed by atoms with Crippen LogP contribution in [-0.4, -0.2) is 23.3 Å². The normalized spacial score (nSPS) is 19.6. The summed E-state index contributed by atoms with van der Waals surface area (Å²) in [5.74, 6) is 0.323. The quantitative estimate of drug-likeness (QED) is 0.834. The molecule has 0 amide bonds. The van der Waals surface area contributed by atoms with Gasteiger partial charge in [0.2, 0.25) is 0 Å². The molecule has 0 spiro atoms. The first kappa shape index (κ1) is 10.8. The molecular weight excluding hydrogens is 214 g/mol. The maximum absolute atomic E-state index is 10.5. The topological polar surface area (TPSA) is 45.2 Å². The predicted molar refractivity (Wildman–Crippen MR) is 66.8 cm³/mol. The van der Waals surface area contributed by atoms with Crippen molar-refractivity contribution >= 4 is 10.9 Å². The van der Waals surface area contributed by atoms with Crippen LogP contribution in [0.1, 0.15) is 24.5 Å². The van der Waals surface area contributed by atoms with E-state index in [4.69, 9.17) is 4.74 Å². The van der Waals surface area contributed by atoms with E-state index in [9.17, 15) is 5.11 Å². The van der Waals surface area contributed by atoms with Crippen molar-refractivity contribution in [2.24, 2.45) is 5.92 Å². The molecule has 3 rings (SSSR count). The van der Waals surface area contributed by atoms with Gasteiger partial charge in [0.05, 0.1) is 6.10 Å². The summed E-state index contributed by atoms with van der Waals surface area (Å²) in [4.78, 5) is 3.18. The van der Waals surface area contributed by atoms with Gasteiger partial charge in [-0.2, -0.15) is 0 Å². The Morgan fingerprint density at radius 2 is 2.06 bits per heavy atom. The SMILES string of the molecule is OC(c1cccc2[nH]ccc12)C1CCOCC1. The van der Waals surface area contributed by atoms with Gasteiger partial charge in [-0.1, -0.05) is 12.1 Å². The Hall–Kier alpha value is -1.32. The number of hydrogen-bond acceptors (Lipinski definition) is 2. The molecule has 90 valence electrons. The van der Waals surface area contributed by atoms with Crippen LogP contribution in [0.25, 0.3) is 10.9 Å². The molecule has 1 unspecified atom stereocenters. The summed E-state index contributed by atoms with van der Waals surface area (Å²) < 4.78 is 5.34. The molecule has 0 saturated carbocycles. The van der Waals surface area contributed by atoms with E-state index in [0.29, 0.717) is 5.92 Å². The molecule has 0 bridgehead atoms. The summed E-state index contributed by atoms with van der Waals surface area (Å²) in [6.07, 6.45) is 3.44. The Labute approximate surface area is 100 Å². The van der Waals surface area contributed by atoms with Gasteiger partial charge >= 0.3 is 0 Å². The second-order valence-electron chi connectivity index (χ2n) is 4.68. The predicted octanol–water partition coefficient (Wildman–Crippen LogP) is 2.63. The van der Waals surface area contributed by atoms with Crippen LogP contribution in [0.5, 0.6) is 0 Å². The Bertz CT molecular complexity index is 500. The fourth-order valence-corrected chi connectivity index (χ4v) is 2.65. The minimum absolute atomic E-state index is 0.323. The van der Waals surface area contributed by atoms with Crippen molar-refractivity contribution in [3.8, 4) is 0 Å². The highest BCUT2D eigenvalue weighted by atomic mass is 16.5. The average Bonchev–Trinajstić information content (AvgIpc) is 2.87. The Balaban J connectivity index is 1.94. The number of aromatic amines is 1. The lowest BCUT2D eigenvalue weighted by atomic mass is 9.88. The van der Waals surface area contributed by atoms with Gasteiger partial charge in [0, 0.05) is 30.3 Å². The highest BCUT2D eigenvalue weighted by Gasteiger charge is 2.24. The molecule has 2 aromatic rings. The van der Waals surface area contributed by atoms with Gasteiger partial charge in [0.25, 0.3) is 0 Å². The first-order chi connectivity index (χ1) is 8.36. The van der Waals surface area contributed by atoms with E-state index in [2.05, 4.69) is 4.98 Å². The number of aliphatic hydroxyl groups excluding tert-OH is 1. The van der Waals surface area contributed by atoms with Gasteiger partial charge in [-0.15, -0.1) is 0 Å². The van der Waals surface area contributed by atoms with Crippen molar-refractivity contribution in [1.29, 1.82) is 0 Å². The molecule has 0 radical (unpaired) electrons. The fraction of sp³-hybridized carbons (Fsp3) is 0.429. The van der Waals surface area contributed by atoms with Crippen LogP contribution < -0.4 is 0 Å². The first-order valence-corrected chi connectivity index (χ1v) is 6.18. The van der Waals surface area contributed by atoms with Crippen molar-refractivity contribution in [3.63, 3.8) is 0 Å². The number of nitrogens with one attached hydrogen (secondary N) is 1. The molecule has 1 aliphatic rings. The number of aromatic nitrogens is 1. The molecule has 2 heterocycles. The standard InChI is InChI=1S/C14H17NO2/c16-14(10-5-8-17-9-6-10)12-2-1-3-13-11(12)4-7-15-13/h1-4,7,10,14-16H,5-6,8-9H2. The van der Waals surface area contributed by atoms with E-state index in [-0.39, 0.29) is 6.10 Å². The molecule has 3 heteroatoms. The van der Waals surface area contributed by atoms with Crippen molar-refractivity contribution in [1.82, 2.24) is 4.98 Å². The molecule has 1 saturated heterocycles. The highest BCUT2D eigenvalue weighted by Crippen LogP contribution is 2.33. The zero-order valence-corrected chi connectivity index (χ0v) is 9.73. The summed E-state index contributed by atoms with van der Waals surface area (Å²) >= 11 is 0. The zero-order chi connectivity index (χ0) is 11.7. The van der Waals surface area contributed by atoms with Crippen LogP contribution in [0, 0.1) is 5.92 Å². The van der Waals surface area contributed by atoms with Crippen LogP contribution in [0.15, 0.2) is 30.5 Å². The van der Waals surface area contributed by atoms with E-state index in [1.54, 1.807) is 0 Å². The molecule has 1 atom stereocenters. The maximum atomic E-state index is 10.5. The van der Waals surface area contributed by atoms with E-state index in [1.165, 1.54) is 0 Å². The van der Waals surface area contributed by atoms with Crippen LogP contribution in [0.3, 0.4) is 0 Å². The molecule has 3 nitrogen and oxygen atoms in total. The van der Waals surface area contributed by atoms with Crippen LogP contribution in [0.4, 0.5) is 0 Å². The van der Waals surface area contributed by atoms with Crippen LogP contribution in [-0.2, 0) is 4.74 Å². The third-order valence-corrected chi connectivity index (χ3v) is 3.66. The number of rotatable bonds is 2. The van der Waals surface area contributed by atoms with E-state index in [0.717, 1.165) is 42.5 Å². The molecule has 1 aromatic carbocycles. The number of hydrogen-bond donors (Lipinski definition) is 2. The van der Waals surface area contributed by atoms with Crippen LogP contribution in [0.2, 0.25) is 0 Å². The van der Waals surface area contributed by atoms with Gasteiger partial charge in [-0.05, 0) is 36.5 Å². The molecule has 2 N–H and O–H groups in total. The minimum Gasteiger partial charge on any atom is -0.388 e. The molecule has 1 aliphatic heterocycles. The first-order valence-electron chi connectivity index (χ1n) is 6.18. The van der Waals surface area contributed by atoms with Crippen molar-refractivity contribution in [2.45, 2.75) is 18.9 Å². The van der Waals surface area contributed by atoms with E-state index in [1.807, 2.05) is 30.5 Å². The van der Waals surface area contributed by atoms with Crippen LogP contribution >= 0.6 is 0 Å². The number of benzene rings is 1. The smallest absolute Gasteiger partial charge is 0.0826 e. The molecule has 0 aliphatic carbocycles. The average molecular weight is 231 g/mol. The minimum atomic E-state index is -0.376. The fourth-order valence-electron chi connectivity index (χ4n) is 2.65. The third kappa shape index (κ3) is 1.96. The van der Waals surface area contributed by atoms with Crippen molar-refractivity contribution in [3.05, 3.63) is 36.0 Å². The summed E-state index contributed by atoms with van der Waals surface area (Å²) in [5, 5.41) is 11.6. The van der Waals surface area contributed by atoms with Crippen molar-refractivity contribution in [2.75, 3.05) is 13.2 Å². The number of fused-ring (bicyclic) bond motifs is 1. The van der Waals surface area contributed by atoms with Gasteiger partial charge in [0.1, 0.15) is 0 Å². The van der Waals surface area contributed by atoms with E-state index >= 15 is 0 Å². The van der Waals surface area contributed by atoms with Gasteiger partial charge < -0.3 is 14.8 Å². The van der Waals surface area contributed by atoms with Gasteiger partial charge in [-0.3, -0.25) is 0 Å². The summed E-state index contributed by atoms with van der Waals surface area (Å²) in [7, 11) is 0. The number of aliphatic hydroxyl groups is 1. The monoisotopic (exact) mass is 231 g/mol. The molecule has 1 fully saturated rings. The van der Waals surface area contributed by atoms with Gasteiger partial charge in [-0.25, -0.2) is 0 Å². The molecular formula is C14H17NO2. The zero-order valence-electron chi connectivity index (χ0n) is 9.73. The second-order valence-corrected chi connectivity index (χ2v) is 4.68. The lowest BCUT2D eigenvalue weighted by molar-refractivity contribution is 0.00773. The Kier molecular flexibility index (Phi) is 2.87.